The number of alkyl halides is 3. The number of aromatic amines is 1. The molecule has 0 aliphatic heterocycles. The van der Waals surface area contributed by atoms with Crippen LogP contribution in [0.2, 0.25) is 10.0 Å². The minimum atomic E-state index is -4.40. The van der Waals surface area contributed by atoms with Crippen molar-refractivity contribution in [2.45, 2.75) is 25.9 Å². The molecule has 0 spiro atoms. The number of hydrogen-bond acceptors (Lipinski definition) is 1. The Morgan fingerprint density at radius 1 is 1.12 bits per heavy atom. The van der Waals surface area contributed by atoms with Crippen LogP contribution >= 0.6 is 23.2 Å². The first-order chi connectivity index (χ1) is 12.2. The highest BCUT2D eigenvalue weighted by atomic mass is 35.5. The van der Waals surface area contributed by atoms with Crippen molar-refractivity contribution in [1.82, 2.24) is 4.98 Å². The summed E-state index contributed by atoms with van der Waals surface area (Å²) < 4.78 is 38.5. The van der Waals surface area contributed by atoms with Gasteiger partial charge in [0.2, 0.25) is 0 Å². The number of H-pyrrole nitrogens is 1. The number of carbonyl (C=O) groups is 1. The van der Waals surface area contributed by atoms with Gasteiger partial charge in [-0.1, -0.05) is 36.2 Å². The minimum absolute atomic E-state index is 0.0978. The van der Waals surface area contributed by atoms with E-state index in [1.54, 1.807) is 25.1 Å². The van der Waals surface area contributed by atoms with E-state index in [0.29, 0.717) is 39.2 Å². The van der Waals surface area contributed by atoms with Crippen molar-refractivity contribution in [2.24, 2.45) is 0 Å². The lowest BCUT2D eigenvalue weighted by atomic mass is 10.0. The van der Waals surface area contributed by atoms with Gasteiger partial charge in [-0.2, -0.15) is 13.2 Å². The van der Waals surface area contributed by atoms with Crippen molar-refractivity contribution in [3.05, 3.63) is 68.8 Å². The summed E-state index contributed by atoms with van der Waals surface area (Å²) in [7, 11) is 0. The molecule has 0 bridgehead atoms. The largest absolute Gasteiger partial charge is 0.416 e. The van der Waals surface area contributed by atoms with Crippen LogP contribution in [0.1, 0.15) is 40.5 Å². The number of halogens is 5. The Hall–Kier alpha value is -1.98. The van der Waals surface area contributed by atoms with E-state index < -0.39 is 11.7 Å². The van der Waals surface area contributed by atoms with Crippen LogP contribution in [0.4, 0.5) is 13.2 Å². The van der Waals surface area contributed by atoms with Gasteiger partial charge in [0.05, 0.1) is 10.6 Å². The first-order valence-corrected chi connectivity index (χ1v) is 8.65. The molecule has 0 atom stereocenters. The molecule has 1 aromatic heterocycles. The van der Waals surface area contributed by atoms with Crippen molar-refractivity contribution >= 4 is 39.9 Å². The predicted molar refractivity (Wildman–Crippen MR) is 97.2 cm³/mol. The molecule has 3 aromatic rings. The smallest absolute Gasteiger partial charge is 0.358 e. The van der Waals surface area contributed by atoms with E-state index in [9.17, 15) is 18.0 Å². The second-order valence-electron chi connectivity index (χ2n) is 5.94. The zero-order valence-electron chi connectivity index (χ0n) is 13.7. The summed E-state index contributed by atoms with van der Waals surface area (Å²) in [4.78, 5) is 15.0. The molecule has 0 unspecified atom stereocenters. The van der Waals surface area contributed by atoms with Gasteiger partial charge >= 0.3 is 6.18 Å². The first-order valence-electron chi connectivity index (χ1n) is 7.89. The second-order valence-corrected chi connectivity index (χ2v) is 6.72. The second kappa shape index (κ2) is 6.97. The Labute approximate surface area is 157 Å². The highest BCUT2D eigenvalue weighted by Gasteiger charge is 2.30. The Balaban J connectivity index is 2.00. The van der Waals surface area contributed by atoms with E-state index in [2.05, 4.69) is 4.98 Å². The van der Waals surface area contributed by atoms with E-state index in [1.807, 2.05) is 0 Å². The summed E-state index contributed by atoms with van der Waals surface area (Å²) in [5, 5.41) is 1.33. The standard InChI is InChI=1S/C19H14Cl2F3NO/c1-2-17(26)13-5-6-15(20)14(18(13)21)9-12-7-10-3-4-11(19(22,23)24)8-16(10)25-12/h3-8,25H,2,9H2,1H3. The zero-order valence-corrected chi connectivity index (χ0v) is 15.2. The lowest BCUT2D eigenvalue weighted by molar-refractivity contribution is -0.137. The normalized spacial score (nSPS) is 11.9. The molecule has 3 rings (SSSR count). The van der Waals surface area contributed by atoms with Gasteiger partial charge in [-0.15, -0.1) is 0 Å². The molecule has 2 aromatic carbocycles. The number of ketones is 1. The van der Waals surface area contributed by atoms with Gasteiger partial charge < -0.3 is 4.98 Å². The number of Topliss-reactive ketones (excluding diaryl/α,β-unsaturated/α-hetero) is 1. The van der Waals surface area contributed by atoms with Crippen molar-refractivity contribution in [3.8, 4) is 0 Å². The molecule has 0 saturated heterocycles. The third-order valence-electron chi connectivity index (χ3n) is 4.18. The average Bonchev–Trinajstić information content (AvgIpc) is 2.99. The molecule has 0 saturated carbocycles. The Morgan fingerprint density at radius 2 is 1.85 bits per heavy atom. The molecule has 26 heavy (non-hydrogen) atoms. The van der Waals surface area contributed by atoms with Gasteiger partial charge in [0.25, 0.3) is 0 Å². The van der Waals surface area contributed by atoms with Crippen LogP contribution in [0, 0.1) is 0 Å². The Morgan fingerprint density at radius 3 is 2.50 bits per heavy atom. The third kappa shape index (κ3) is 3.60. The molecule has 0 aliphatic rings. The van der Waals surface area contributed by atoms with Crippen LogP contribution in [0.25, 0.3) is 10.9 Å². The van der Waals surface area contributed by atoms with Gasteiger partial charge in [-0.25, -0.2) is 0 Å². The van der Waals surface area contributed by atoms with Crippen molar-refractivity contribution in [3.63, 3.8) is 0 Å². The molecule has 7 heteroatoms. The maximum Gasteiger partial charge on any atom is 0.416 e. The maximum atomic E-state index is 12.8. The highest BCUT2D eigenvalue weighted by Crippen LogP contribution is 2.34. The summed E-state index contributed by atoms with van der Waals surface area (Å²) in [5.41, 5.74) is 1.27. The number of aromatic nitrogens is 1. The van der Waals surface area contributed by atoms with Gasteiger partial charge in [0.15, 0.2) is 5.78 Å². The number of fused-ring (bicyclic) bond motifs is 1. The van der Waals surface area contributed by atoms with E-state index >= 15 is 0 Å². The number of hydrogen-bond donors (Lipinski definition) is 1. The fourth-order valence-electron chi connectivity index (χ4n) is 2.81. The molecule has 0 aliphatic carbocycles. The predicted octanol–water partition coefficient (Wildman–Crippen LogP) is 6.68. The molecule has 0 fully saturated rings. The number of benzene rings is 2. The summed E-state index contributed by atoms with van der Waals surface area (Å²) >= 11 is 12.6. The molecule has 0 amide bonds. The number of carbonyl (C=O) groups excluding carboxylic acids is 1. The van der Waals surface area contributed by atoms with Gasteiger partial charge in [-0.05, 0) is 41.3 Å². The van der Waals surface area contributed by atoms with E-state index in [4.69, 9.17) is 23.2 Å². The topological polar surface area (TPSA) is 32.9 Å². The van der Waals surface area contributed by atoms with Crippen LogP contribution in [0.3, 0.4) is 0 Å². The van der Waals surface area contributed by atoms with Crippen LogP contribution in [0.15, 0.2) is 36.4 Å². The SMILES string of the molecule is CCC(=O)c1ccc(Cl)c(Cc2cc3ccc(C(F)(F)F)cc3[nH]2)c1Cl. The molecule has 0 radical (unpaired) electrons. The van der Waals surface area contributed by atoms with E-state index in [0.717, 1.165) is 12.1 Å². The molecule has 1 heterocycles. The molecular weight excluding hydrogens is 386 g/mol. The summed E-state index contributed by atoms with van der Waals surface area (Å²) in [6.45, 7) is 1.74. The van der Waals surface area contributed by atoms with Crippen molar-refractivity contribution in [2.75, 3.05) is 0 Å². The fraction of sp³-hybridized carbons (Fsp3) is 0.211. The van der Waals surface area contributed by atoms with Crippen molar-refractivity contribution < 1.29 is 18.0 Å². The fourth-order valence-corrected chi connectivity index (χ4v) is 3.42. The number of nitrogens with one attached hydrogen (secondary N) is 1. The third-order valence-corrected chi connectivity index (χ3v) is 4.97. The number of rotatable bonds is 4. The first kappa shape index (κ1) is 18.8. The van der Waals surface area contributed by atoms with E-state index in [1.165, 1.54) is 6.07 Å². The van der Waals surface area contributed by atoms with Gasteiger partial charge in [0.1, 0.15) is 0 Å². The van der Waals surface area contributed by atoms with Crippen LogP contribution in [-0.2, 0) is 12.6 Å². The average molecular weight is 400 g/mol. The summed E-state index contributed by atoms with van der Waals surface area (Å²) in [6, 6.07) is 8.46. The summed E-state index contributed by atoms with van der Waals surface area (Å²) in [5.74, 6) is -0.0978. The quantitative estimate of drug-likeness (QED) is 0.487. The van der Waals surface area contributed by atoms with Crippen LogP contribution < -0.4 is 0 Å². The minimum Gasteiger partial charge on any atom is -0.358 e. The van der Waals surface area contributed by atoms with Crippen molar-refractivity contribution in [1.29, 1.82) is 0 Å². The van der Waals surface area contributed by atoms with Crippen LogP contribution in [-0.4, -0.2) is 10.8 Å². The highest BCUT2D eigenvalue weighted by molar-refractivity contribution is 6.38. The lowest BCUT2D eigenvalue weighted by Crippen LogP contribution is -2.04. The molecule has 1 N–H and O–H groups in total. The Bertz CT molecular complexity index is 992. The Kier molecular flexibility index (Phi) is 5.04. The maximum absolute atomic E-state index is 12.8. The van der Waals surface area contributed by atoms with Gasteiger partial charge in [-0.3, -0.25) is 4.79 Å². The summed E-state index contributed by atoms with van der Waals surface area (Å²) in [6.07, 6.45) is -3.81. The monoisotopic (exact) mass is 399 g/mol. The molecular formula is C19H14Cl2F3NO. The van der Waals surface area contributed by atoms with Crippen LogP contribution in [0.5, 0.6) is 0 Å². The lowest BCUT2D eigenvalue weighted by Gasteiger charge is -2.10. The zero-order chi connectivity index (χ0) is 19.1. The molecule has 136 valence electrons. The van der Waals surface area contributed by atoms with Gasteiger partial charge in [0, 0.05) is 34.6 Å². The van der Waals surface area contributed by atoms with E-state index in [-0.39, 0.29) is 17.2 Å². The molecule has 2 nitrogen and oxygen atoms in total.